The van der Waals surface area contributed by atoms with Gasteiger partial charge in [-0.05, 0) is 12.8 Å². The lowest BCUT2D eigenvalue weighted by Crippen LogP contribution is -2.59. The van der Waals surface area contributed by atoms with Crippen molar-refractivity contribution in [3.8, 4) is 0 Å². The summed E-state index contributed by atoms with van der Waals surface area (Å²) in [5.74, 6) is 0.0574. The number of carbonyl (C=O) groups excluding carboxylic acids is 1. The number of carbonyl (C=O) groups is 1. The van der Waals surface area contributed by atoms with E-state index >= 15 is 0 Å². The van der Waals surface area contributed by atoms with Crippen LogP contribution >= 0.6 is 0 Å². The molecule has 2 heterocycles. The fourth-order valence-electron chi connectivity index (χ4n) is 4.86. The van der Waals surface area contributed by atoms with E-state index in [2.05, 4.69) is 6.92 Å². The van der Waals surface area contributed by atoms with Crippen LogP contribution in [0, 0.1) is 0 Å². The molecule has 36 heavy (non-hydrogen) atoms. The van der Waals surface area contributed by atoms with Gasteiger partial charge in [0.2, 0.25) is 0 Å². The first-order valence-corrected chi connectivity index (χ1v) is 13.3. The minimum atomic E-state index is -1.67. The van der Waals surface area contributed by atoms with Crippen LogP contribution in [0.2, 0.25) is 0 Å². The van der Waals surface area contributed by atoms with Gasteiger partial charge in [0.25, 0.3) is 0 Å². The lowest BCUT2D eigenvalue weighted by molar-refractivity contribution is -0.239. The molecule has 2 fully saturated rings. The Morgan fingerprint density at radius 2 is 1.44 bits per heavy atom. The Labute approximate surface area is 213 Å². The third-order valence-electron chi connectivity index (χ3n) is 7.28. The molecule has 0 amide bonds. The zero-order valence-corrected chi connectivity index (χ0v) is 21.3. The van der Waals surface area contributed by atoms with Crippen LogP contribution in [0.3, 0.4) is 0 Å². The van der Waals surface area contributed by atoms with Crippen LogP contribution in [0.5, 0.6) is 0 Å². The van der Waals surface area contributed by atoms with E-state index in [1.54, 1.807) is 0 Å². The largest absolute Gasteiger partial charge is 0.394 e. The van der Waals surface area contributed by atoms with Gasteiger partial charge in [-0.3, -0.25) is 4.79 Å². The highest BCUT2D eigenvalue weighted by Gasteiger charge is 2.54. The fraction of sp³-hybridized carbons (Fsp3) is 0.960. The Morgan fingerprint density at radius 1 is 0.806 bits per heavy atom. The fourth-order valence-corrected chi connectivity index (χ4v) is 4.86. The van der Waals surface area contributed by atoms with Gasteiger partial charge < -0.3 is 50.0 Å². The first kappa shape index (κ1) is 31.5. The molecule has 11 heteroatoms. The highest BCUT2D eigenvalue weighted by atomic mass is 16.6. The molecule has 2 aliphatic heterocycles. The molecule has 0 bridgehead atoms. The maximum atomic E-state index is 12.3. The van der Waals surface area contributed by atoms with Crippen LogP contribution in [-0.2, 0) is 19.0 Å². The minimum Gasteiger partial charge on any atom is -0.394 e. The highest BCUT2D eigenvalue weighted by molar-refractivity contribution is 5.78. The molecule has 0 aromatic carbocycles. The minimum absolute atomic E-state index is 0.0574. The summed E-state index contributed by atoms with van der Waals surface area (Å²) < 4.78 is 16.7. The summed E-state index contributed by atoms with van der Waals surface area (Å²) in [6.45, 7) is 0.258. The zero-order chi connectivity index (χ0) is 26.7. The van der Waals surface area contributed by atoms with Crippen molar-refractivity contribution < 1.29 is 54.8 Å². The molecule has 0 spiro atoms. The number of Topliss-reactive ketones (excluding diaryl/α,β-unsaturated/α-hetero) is 1. The molecule has 2 aliphatic rings. The number of rotatable bonds is 17. The molecule has 0 aromatic rings. The van der Waals surface area contributed by atoms with E-state index in [1.807, 2.05) is 0 Å². The van der Waals surface area contributed by atoms with Crippen LogP contribution < -0.4 is 0 Å². The van der Waals surface area contributed by atoms with Gasteiger partial charge in [-0.2, -0.15) is 0 Å². The number of aliphatic hydroxyl groups excluding tert-OH is 7. The second-order valence-corrected chi connectivity index (χ2v) is 10.1. The quantitative estimate of drug-likeness (QED) is 0.118. The Morgan fingerprint density at radius 3 is 2.06 bits per heavy atom. The van der Waals surface area contributed by atoms with Crippen LogP contribution in [0.25, 0.3) is 0 Å². The van der Waals surface area contributed by atoms with Crippen molar-refractivity contribution in [2.45, 2.75) is 126 Å². The summed E-state index contributed by atoms with van der Waals surface area (Å²) >= 11 is 0. The lowest BCUT2D eigenvalue weighted by Gasteiger charge is -2.41. The number of ether oxygens (including phenoxy) is 3. The number of ketones is 1. The highest BCUT2D eigenvalue weighted by Crippen LogP contribution is 2.32. The third kappa shape index (κ3) is 8.39. The molecule has 11 nitrogen and oxygen atoms in total. The van der Waals surface area contributed by atoms with E-state index in [-0.39, 0.29) is 31.8 Å². The topological polar surface area (TPSA) is 186 Å². The molecule has 212 valence electrons. The predicted octanol–water partition coefficient (Wildman–Crippen LogP) is -0.813. The second-order valence-electron chi connectivity index (χ2n) is 10.1. The van der Waals surface area contributed by atoms with Gasteiger partial charge in [0.15, 0.2) is 0 Å². The maximum Gasteiger partial charge on any atom is 0.143 e. The van der Waals surface area contributed by atoms with Crippen molar-refractivity contribution in [3.05, 3.63) is 0 Å². The standard InChI is InChI=1S/C25H46O11/c1-2-3-4-5-6-7-8-9-16(28)10-11-17-20(29)23(32)21(30)19(35-17)13-34-15-25(14-27)24(33)22(31)18(12-26)36-25/h17-24,26-27,29-33H,2-15H2,1H3/t17?,18-,19+,20-,21?,22+,23-,24?,25-/m0/s1. The lowest BCUT2D eigenvalue weighted by atomic mass is 9.92. The maximum absolute atomic E-state index is 12.3. The van der Waals surface area contributed by atoms with Crippen molar-refractivity contribution >= 4 is 5.78 Å². The van der Waals surface area contributed by atoms with Crippen molar-refractivity contribution in [2.24, 2.45) is 0 Å². The van der Waals surface area contributed by atoms with Crippen LogP contribution in [-0.4, -0.2) is 122 Å². The van der Waals surface area contributed by atoms with Gasteiger partial charge in [0, 0.05) is 12.8 Å². The number of hydrogen-bond acceptors (Lipinski definition) is 11. The molecule has 0 radical (unpaired) electrons. The monoisotopic (exact) mass is 522 g/mol. The molecule has 7 N–H and O–H groups in total. The van der Waals surface area contributed by atoms with E-state index in [1.165, 1.54) is 25.7 Å². The predicted molar refractivity (Wildman–Crippen MR) is 128 cm³/mol. The summed E-state index contributed by atoms with van der Waals surface area (Å²) in [4.78, 5) is 12.3. The van der Waals surface area contributed by atoms with Crippen LogP contribution in [0.15, 0.2) is 0 Å². The zero-order valence-electron chi connectivity index (χ0n) is 21.3. The van der Waals surface area contributed by atoms with E-state index in [0.717, 1.165) is 19.3 Å². The smallest absolute Gasteiger partial charge is 0.143 e. The van der Waals surface area contributed by atoms with Gasteiger partial charge in [0.05, 0.1) is 32.5 Å². The van der Waals surface area contributed by atoms with Gasteiger partial charge in [-0.15, -0.1) is 0 Å². The van der Waals surface area contributed by atoms with E-state index in [9.17, 15) is 40.5 Å². The van der Waals surface area contributed by atoms with Crippen molar-refractivity contribution in [1.82, 2.24) is 0 Å². The summed E-state index contributed by atoms with van der Waals surface area (Å²) in [5, 5.41) is 70.2. The second kappa shape index (κ2) is 15.6. The van der Waals surface area contributed by atoms with Gasteiger partial charge in [0.1, 0.15) is 54.1 Å². The average molecular weight is 523 g/mol. The first-order chi connectivity index (χ1) is 17.2. The van der Waals surface area contributed by atoms with Gasteiger partial charge in [-0.1, -0.05) is 45.4 Å². The molecular formula is C25H46O11. The first-order valence-electron chi connectivity index (χ1n) is 13.3. The molecule has 0 aromatic heterocycles. The molecule has 3 unspecified atom stereocenters. The molecule has 0 aliphatic carbocycles. The van der Waals surface area contributed by atoms with Gasteiger partial charge >= 0.3 is 0 Å². The molecule has 2 saturated heterocycles. The molecule has 2 rings (SSSR count). The van der Waals surface area contributed by atoms with Crippen molar-refractivity contribution in [1.29, 1.82) is 0 Å². The Kier molecular flexibility index (Phi) is 13.7. The molecule has 0 saturated carbocycles. The van der Waals surface area contributed by atoms with Crippen molar-refractivity contribution in [3.63, 3.8) is 0 Å². The number of aliphatic hydroxyl groups is 7. The number of hydrogen-bond donors (Lipinski definition) is 7. The van der Waals surface area contributed by atoms with Crippen molar-refractivity contribution in [2.75, 3.05) is 26.4 Å². The van der Waals surface area contributed by atoms with Crippen LogP contribution in [0.1, 0.15) is 71.1 Å². The Balaban J connectivity index is 1.78. The van der Waals surface area contributed by atoms with E-state index < -0.39 is 67.6 Å². The SMILES string of the molecule is CCCCCCCCCC(=O)CCC1O[C@H](COC[C@]2(CO)O[C@@H](CO)[C@@H](O)C2O)C(O)[C@@H](O)[C@H]1O. The molecule has 9 atom stereocenters. The Bertz CT molecular complexity index is 635. The summed E-state index contributed by atoms with van der Waals surface area (Å²) in [7, 11) is 0. The molecular weight excluding hydrogens is 476 g/mol. The summed E-state index contributed by atoms with van der Waals surface area (Å²) in [5.41, 5.74) is -1.67. The Hall–Kier alpha value is -0.730. The summed E-state index contributed by atoms with van der Waals surface area (Å²) in [6, 6.07) is 0. The van der Waals surface area contributed by atoms with Crippen LogP contribution in [0.4, 0.5) is 0 Å². The van der Waals surface area contributed by atoms with E-state index in [4.69, 9.17) is 14.2 Å². The summed E-state index contributed by atoms with van der Waals surface area (Å²) in [6.07, 6.45) is -1.67. The van der Waals surface area contributed by atoms with Gasteiger partial charge in [-0.25, -0.2) is 0 Å². The third-order valence-corrected chi connectivity index (χ3v) is 7.28. The average Bonchev–Trinajstić information content (AvgIpc) is 3.12. The number of unbranched alkanes of at least 4 members (excludes halogenated alkanes) is 6. The van der Waals surface area contributed by atoms with E-state index in [0.29, 0.717) is 6.42 Å². The normalized spacial score (nSPS) is 36.9.